The van der Waals surface area contributed by atoms with Gasteiger partial charge in [0.05, 0.1) is 11.3 Å². The summed E-state index contributed by atoms with van der Waals surface area (Å²) < 4.78 is 2.35. The Bertz CT molecular complexity index is 1700. The Balaban J connectivity index is 1.24. The number of rotatable bonds is 8. The minimum absolute atomic E-state index is 0.0894. The first-order valence-corrected chi connectivity index (χ1v) is 17.2. The number of nitrogens with zero attached hydrogens (tertiary/aromatic N) is 4. The predicted octanol–water partition coefficient (Wildman–Crippen LogP) is 8.08. The lowest BCUT2D eigenvalue weighted by molar-refractivity contribution is 0.0438. The molecule has 5 nitrogen and oxygen atoms in total. The number of aryl methyl sites for hydroxylation is 1. The quantitative estimate of drug-likeness (QED) is 0.202. The lowest BCUT2D eigenvalue weighted by Gasteiger charge is -2.42. The molecule has 1 amide bonds. The van der Waals surface area contributed by atoms with Gasteiger partial charge in [-0.05, 0) is 86.4 Å². The second-order valence-corrected chi connectivity index (χ2v) is 13.2. The Kier molecular flexibility index (Phi) is 9.20. The lowest BCUT2D eigenvalue weighted by atomic mass is 9.96. The second-order valence-electron chi connectivity index (χ2n) is 13.2. The molecule has 0 saturated carbocycles. The summed E-state index contributed by atoms with van der Waals surface area (Å²) >= 11 is 0. The van der Waals surface area contributed by atoms with E-state index in [0.717, 1.165) is 81.2 Å². The number of carbonyl (C=O) groups excluding carboxylic acids is 1. The summed E-state index contributed by atoms with van der Waals surface area (Å²) in [7, 11) is 0. The molecule has 2 saturated heterocycles. The highest BCUT2D eigenvalue weighted by molar-refractivity contribution is 6.00. The Morgan fingerprint density at radius 2 is 1.52 bits per heavy atom. The summed E-state index contributed by atoms with van der Waals surface area (Å²) in [6.07, 6.45) is 13.2. The first-order valence-electron chi connectivity index (χ1n) is 17.2. The summed E-state index contributed by atoms with van der Waals surface area (Å²) in [6.45, 7) is 7.72. The number of amides is 1. The molecule has 1 atom stereocenters. The van der Waals surface area contributed by atoms with Gasteiger partial charge in [0, 0.05) is 62.4 Å². The summed E-state index contributed by atoms with van der Waals surface area (Å²) in [5.41, 5.74) is 9.24. The third kappa shape index (κ3) is 6.61. The van der Waals surface area contributed by atoms with E-state index in [1.165, 1.54) is 41.6 Å². The Morgan fingerprint density at radius 1 is 0.783 bits per heavy atom. The fraction of sp³-hybridized carbons (Fsp3) is 0.341. The van der Waals surface area contributed by atoms with Crippen LogP contribution in [-0.2, 0) is 13.0 Å². The van der Waals surface area contributed by atoms with Gasteiger partial charge >= 0.3 is 0 Å². The molecule has 7 rings (SSSR count). The molecule has 236 valence electrons. The predicted molar refractivity (Wildman–Crippen MR) is 190 cm³/mol. The van der Waals surface area contributed by atoms with E-state index in [-0.39, 0.29) is 11.9 Å². The molecule has 4 aromatic rings. The molecule has 46 heavy (non-hydrogen) atoms. The van der Waals surface area contributed by atoms with Crippen LogP contribution in [0.3, 0.4) is 0 Å². The molecule has 0 N–H and O–H groups in total. The third-order valence-corrected chi connectivity index (χ3v) is 9.93. The summed E-state index contributed by atoms with van der Waals surface area (Å²) in [4.78, 5) is 22.1. The molecule has 2 aliphatic heterocycles. The highest BCUT2D eigenvalue weighted by atomic mass is 16.2. The van der Waals surface area contributed by atoms with E-state index >= 15 is 0 Å². The highest BCUT2D eigenvalue weighted by Crippen LogP contribution is 2.35. The van der Waals surface area contributed by atoms with Crippen LogP contribution >= 0.6 is 0 Å². The molecule has 2 fully saturated rings. The van der Waals surface area contributed by atoms with Gasteiger partial charge in [-0.1, -0.05) is 85.0 Å². The Hall–Kier alpha value is -4.35. The summed E-state index contributed by atoms with van der Waals surface area (Å²) in [6, 6.07) is 32.6. The van der Waals surface area contributed by atoms with Gasteiger partial charge in [-0.3, -0.25) is 9.69 Å². The molecule has 5 heteroatoms. The van der Waals surface area contributed by atoms with Gasteiger partial charge in [-0.2, -0.15) is 0 Å². The van der Waals surface area contributed by atoms with E-state index in [9.17, 15) is 4.79 Å². The maximum atomic E-state index is 14.9. The number of piperidine rings is 1. The van der Waals surface area contributed by atoms with Gasteiger partial charge in [0.1, 0.15) is 0 Å². The van der Waals surface area contributed by atoms with Gasteiger partial charge < -0.3 is 14.4 Å². The van der Waals surface area contributed by atoms with Crippen LogP contribution < -0.4 is 4.90 Å². The second kappa shape index (κ2) is 14.0. The number of carbonyl (C=O) groups is 1. The van der Waals surface area contributed by atoms with Gasteiger partial charge in [0.25, 0.3) is 5.91 Å². The zero-order chi connectivity index (χ0) is 31.3. The molecule has 3 aromatic carbocycles. The van der Waals surface area contributed by atoms with Crippen molar-refractivity contribution in [1.82, 2.24) is 14.4 Å². The fourth-order valence-electron chi connectivity index (χ4n) is 7.62. The molecular formula is C41H46N4O. The largest absolute Gasteiger partial charge is 0.371 e. The number of hydrogen-bond donors (Lipinski definition) is 0. The highest BCUT2D eigenvalue weighted by Gasteiger charge is 2.34. The van der Waals surface area contributed by atoms with Gasteiger partial charge in [-0.25, -0.2) is 0 Å². The SMILES string of the molecule is Cc1cc(C(=O)N2CCN(Cc3ccccc3)C[C@H]2Cc2ccccc2)c(C2=CC=CCC2)n1-c1cccc(N2CCCCC2)c1. The van der Waals surface area contributed by atoms with Crippen molar-refractivity contribution < 1.29 is 4.79 Å². The summed E-state index contributed by atoms with van der Waals surface area (Å²) in [5, 5.41) is 0. The van der Waals surface area contributed by atoms with Gasteiger partial charge in [0.2, 0.25) is 0 Å². The van der Waals surface area contributed by atoms with Crippen LogP contribution in [0.2, 0.25) is 0 Å². The average Bonchev–Trinajstić information content (AvgIpc) is 3.47. The normalized spacial score (nSPS) is 18.9. The third-order valence-electron chi connectivity index (χ3n) is 9.93. The van der Waals surface area contributed by atoms with E-state index in [1.807, 2.05) is 0 Å². The zero-order valence-corrected chi connectivity index (χ0v) is 27.2. The average molecular weight is 611 g/mol. The van der Waals surface area contributed by atoms with E-state index in [4.69, 9.17) is 0 Å². The maximum Gasteiger partial charge on any atom is 0.256 e. The maximum absolute atomic E-state index is 14.9. The van der Waals surface area contributed by atoms with Gasteiger partial charge in [0.15, 0.2) is 0 Å². The van der Waals surface area contributed by atoms with E-state index < -0.39 is 0 Å². The van der Waals surface area contributed by atoms with Crippen molar-refractivity contribution in [3.05, 3.63) is 137 Å². The zero-order valence-electron chi connectivity index (χ0n) is 27.2. The Labute approximate surface area is 274 Å². The number of allylic oxidation sites excluding steroid dienone is 4. The molecule has 0 unspecified atom stereocenters. The first kappa shape index (κ1) is 30.3. The molecule has 1 aromatic heterocycles. The smallest absolute Gasteiger partial charge is 0.256 e. The van der Waals surface area contributed by atoms with Crippen molar-refractivity contribution >= 4 is 17.2 Å². The van der Waals surface area contributed by atoms with Crippen LogP contribution in [0.4, 0.5) is 5.69 Å². The van der Waals surface area contributed by atoms with Crippen molar-refractivity contribution in [1.29, 1.82) is 0 Å². The molecule has 1 aliphatic carbocycles. The molecule has 3 heterocycles. The number of aromatic nitrogens is 1. The molecular weight excluding hydrogens is 564 g/mol. The number of anilines is 1. The van der Waals surface area contributed by atoms with Crippen molar-refractivity contribution in [2.75, 3.05) is 37.6 Å². The van der Waals surface area contributed by atoms with E-state index in [1.54, 1.807) is 0 Å². The monoisotopic (exact) mass is 610 g/mol. The van der Waals surface area contributed by atoms with Crippen LogP contribution in [0, 0.1) is 6.92 Å². The van der Waals surface area contributed by atoms with Crippen LogP contribution in [0.25, 0.3) is 11.3 Å². The molecule has 0 spiro atoms. The summed E-state index contributed by atoms with van der Waals surface area (Å²) in [5.74, 6) is 0.153. The van der Waals surface area contributed by atoms with Crippen LogP contribution in [0.15, 0.2) is 109 Å². The van der Waals surface area contributed by atoms with Gasteiger partial charge in [-0.15, -0.1) is 0 Å². The lowest BCUT2D eigenvalue weighted by Crippen LogP contribution is -2.55. The van der Waals surface area contributed by atoms with Crippen molar-refractivity contribution in [2.45, 2.75) is 58.0 Å². The number of benzene rings is 3. The fourth-order valence-corrected chi connectivity index (χ4v) is 7.62. The Morgan fingerprint density at radius 3 is 2.26 bits per heavy atom. The minimum Gasteiger partial charge on any atom is -0.371 e. The minimum atomic E-state index is 0.0894. The number of piperazine rings is 1. The van der Waals surface area contributed by atoms with E-state index in [0.29, 0.717) is 0 Å². The van der Waals surface area contributed by atoms with Crippen LogP contribution in [-0.4, -0.2) is 59.0 Å². The molecule has 0 bridgehead atoms. The van der Waals surface area contributed by atoms with Crippen molar-refractivity contribution in [3.63, 3.8) is 0 Å². The topological polar surface area (TPSA) is 31.7 Å². The molecule has 3 aliphatic rings. The standard InChI is InChI=1S/C41H46N4O/c1-32-27-39(40(35-19-10-4-11-20-35)45(32)37-22-14-21-36(29-37)43-23-12-5-13-24-43)41(46)44-26-25-42(30-34-17-8-3-9-18-34)31-38(44)28-33-15-6-2-7-16-33/h2-4,6-10,14-19,21-22,27,29,38H,5,11-13,20,23-26,28,30-31H2,1H3/t38-/m1/s1. The van der Waals surface area contributed by atoms with Crippen LogP contribution in [0.5, 0.6) is 0 Å². The van der Waals surface area contributed by atoms with Crippen LogP contribution in [0.1, 0.15) is 65.0 Å². The first-order chi connectivity index (χ1) is 22.6. The van der Waals surface area contributed by atoms with Crippen molar-refractivity contribution in [2.24, 2.45) is 0 Å². The van der Waals surface area contributed by atoms with Crippen molar-refractivity contribution in [3.8, 4) is 5.69 Å². The molecule has 0 radical (unpaired) electrons. The van der Waals surface area contributed by atoms with E-state index in [2.05, 4.69) is 135 Å². The number of hydrogen-bond acceptors (Lipinski definition) is 3.